The average Bonchev–Trinajstić information content (AvgIpc) is 2.17. The van der Waals surface area contributed by atoms with E-state index in [-0.39, 0.29) is 10.5 Å². The summed E-state index contributed by atoms with van der Waals surface area (Å²) in [6.07, 6.45) is 0. The molecule has 0 heterocycles. The molecule has 16 heavy (non-hydrogen) atoms. The Kier molecular flexibility index (Phi) is 3.49. The van der Waals surface area contributed by atoms with Crippen molar-refractivity contribution in [3.8, 4) is 0 Å². The van der Waals surface area contributed by atoms with Crippen molar-refractivity contribution in [3.05, 3.63) is 42.0 Å². The second-order valence-corrected chi connectivity index (χ2v) is 5.21. The standard InChI is InChI=1S/C11H13NO3S/c1-8(2)11(13)12-16(14,15)10-6-4-5-9(3)7-10/h4-7H,1H2,2-3H3,(H,12,13). The van der Waals surface area contributed by atoms with Crippen LogP contribution in [0.2, 0.25) is 0 Å². The van der Waals surface area contributed by atoms with Gasteiger partial charge in [0, 0.05) is 5.57 Å². The number of aryl methyl sites for hydroxylation is 1. The van der Waals surface area contributed by atoms with Crippen LogP contribution in [-0.4, -0.2) is 14.3 Å². The Balaban J connectivity index is 3.04. The fraction of sp³-hybridized carbons (Fsp3) is 0.182. The molecule has 0 radical (unpaired) electrons. The molecule has 0 unspecified atom stereocenters. The zero-order chi connectivity index (χ0) is 12.3. The number of hydrogen-bond acceptors (Lipinski definition) is 3. The summed E-state index contributed by atoms with van der Waals surface area (Å²) in [5.41, 5.74) is 0.960. The molecule has 0 aliphatic rings. The summed E-state index contributed by atoms with van der Waals surface area (Å²) in [6, 6.07) is 6.32. The number of carbonyl (C=O) groups excluding carboxylic acids is 1. The predicted octanol–water partition coefficient (Wildman–Crippen LogP) is 1.38. The van der Waals surface area contributed by atoms with Crippen molar-refractivity contribution in [3.63, 3.8) is 0 Å². The lowest BCUT2D eigenvalue weighted by atomic mass is 10.2. The van der Waals surface area contributed by atoms with Gasteiger partial charge in [-0.05, 0) is 31.5 Å². The lowest BCUT2D eigenvalue weighted by Gasteiger charge is -2.06. The van der Waals surface area contributed by atoms with Crippen molar-refractivity contribution in [1.29, 1.82) is 0 Å². The topological polar surface area (TPSA) is 63.2 Å². The number of hydrogen-bond donors (Lipinski definition) is 1. The quantitative estimate of drug-likeness (QED) is 0.810. The highest BCUT2D eigenvalue weighted by atomic mass is 32.2. The van der Waals surface area contributed by atoms with Crippen molar-refractivity contribution in [2.45, 2.75) is 18.7 Å². The smallest absolute Gasteiger partial charge is 0.264 e. The van der Waals surface area contributed by atoms with E-state index < -0.39 is 15.9 Å². The highest BCUT2D eigenvalue weighted by Gasteiger charge is 2.17. The average molecular weight is 239 g/mol. The molecule has 1 N–H and O–H groups in total. The van der Waals surface area contributed by atoms with Crippen molar-refractivity contribution in [2.75, 3.05) is 0 Å². The van der Waals surface area contributed by atoms with Crippen LogP contribution >= 0.6 is 0 Å². The number of rotatable bonds is 3. The Labute approximate surface area is 95.0 Å². The van der Waals surface area contributed by atoms with Gasteiger partial charge in [-0.25, -0.2) is 13.1 Å². The van der Waals surface area contributed by atoms with Crippen LogP contribution in [0.4, 0.5) is 0 Å². The molecule has 0 fully saturated rings. The van der Waals surface area contributed by atoms with Gasteiger partial charge in [0.25, 0.3) is 15.9 Å². The molecule has 0 aliphatic heterocycles. The van der Waals surface area contributed by atoms with Crippen molar-refractivity contribution < 1.29 is 13.2 Å². The molecule has 0 aromatic heterocycles. The molecule has 1 amide bonds. The third-order valence-corrected chi connectivity index (χ3v) is 3.24. The summed E-state index contributed by atoms with van der Waals surface area (Å²) in [6.45, 7) is 6.60. The number of benzene rings is 1. The van der Waals surface area contributed by atoms with E-state index in [1.807, 2.05) is 4.72 Å². The van der Waals surface area contributed by atoms with Crippen LogP contribution in [0.3, 0.4) is 0 Å². The number of nitrogens with one attached hydrogen (secondary N) is 1. The van der Waals surface area contributed by atoms with Gasteiger partial charge in [-0.2, -0.15) is 0 Å². The zero-order valence-electron chi connectivity index (χ0n) is 9.15. The molecule has 0 aliphatic carbocycles. The van der Waals surface area contributed by atoms with E-state index in [2.05, 4.69) is 6.58 Å². The van der Waals surface area contributed by atoms with Crippen molar-refractivity contribution >= 4 is 15.9 Å². The summed E-state index contributed by atoms with van der Waals surface area (Å²) in [5, 5.41) is 0. The SMILES string of the molecule is C=C(C)C(=O)NS(=O)(=O)c1cccc(C)c1. The lowest BCUT2D eigenvalue weighted by Crippen LogP contribution is -2.30. The van der Waals surface area contributed by atoms with E-state index in [0.717, 1.165) is 5.56 Å². The van der Waals surface area contributed by atoms with Gasteiger partial charge in [0.05, 0.1) is 4.90 Å². The van der Waals surface area contributed by atoms with E-state index in [1.165, 1.54) is 19.1 Å². The van der Waals surface area contributed by atoms with E-state index in [1.54, 1.807) is 19.1 Å². The van der Waals surface area contributed by atoms with Gasteiger partial charge in [-0.15, -0.1) is 0 Å². The fourth-order valence-corrected chi connectivity index (χ4v) is 2.19. The Bertz CT molecular complexity index is 532. The third-order valence-electron chi connectivity index (χ3n) is 1.91. The van der Waals surface area contributed by atoms with Crippen LogP contribution < -0.4 is 4.72 Å². The molecule has 0 spiro atoms. The van der Waals surface area contributed by atoms with Gasteiger partial charge in [0.15, 0.2) is 0 Å². The molecule has 0 bridgehead atoms. The first-order valence-electron chi connectivity index (χ1n) is 4.62. The minimum Gasteiger partial charge on any atom is -0.269 e. The van der Waals surface area contributed by atoms with Crippen molar-refractivity contribution in [2.24, 2.45) is 0 Å². The van der Waals surface area contributed by atoms with Crippen LogP contribution in [0.25, 0.3) is 0 Å². The van der Waals surface area contributed by atoms with E-state index in [9.17, 15) is 13.2 Å². The molecule has 1 aromatic carbocycles. The molecular formula is C11H13NO3S. The maximum Gasteiger partial charge on any atom is 0.264 e. The predicted molar refractivity (Wildman–Crippen MR) is 61.3 cm³/mol. The van der Waals surface area contributed by atoms with Crippen LogP contribution in [-0.2, 0) is 14.8 Å². The first kappa shape index (κ1) is 12.4. The third kappa shape index (κ3) is 2.93. The Morgan fingerprint density at radius 2 is 2.00 bits per heavy atom. The minimum absolute atomic E-state index is 0.0714. The highest BCUT2D eigenvalue weighted by Crippen LogP contribution is 2.10. The van der Waals surface area contributed by atoms with E-state index in [0.29, 0.717) is 0 Å². The van der Waals surface area contributed by atoms with Crippen LogP contribution in [0.1, 0.15) is 12.5 Å². The monoisotopic (exact) mass is 239 g/mol. The molecule has 5 heteroatoms. The van der Waals surface area contributed by atoms with Gasteiger partial charge in [-0.3, -0.25) is 4.79 Å². The van der Waals surface area contributed by atoms with Gasteiger partial charge in [0.1, 0.15) is 0 Å². The maximum atomic E-state index is 11.7. The number of sulfonamides is 1. The number of amides is 1. The summed E-state index contributed by atoms with van der Waals surface area (Å²) in [5.74, 6) is -0.693. The second-order valence-electron chi connectivity index (χ2n) is 3.53. The number of carbonyl (C=O) groups is 1. The molecular weight excluding hydrogens is 226 g/mol. The van der Waals surface area contributed by atoms with Gasteiger partial charge in [0.2, 0.25) is 0 Å². The summed E-state index contributed by atoms with van der Waals surface area (Å²) in [7, 11) is -3.79. The molecule has 1 rings (SSSR count). The lowest BCUT2D eigenvalue weighted by molar-refractivity contribution is -0.115. The Morgan fingerprint density at radius 3 is 2.50 bits per heavy atom. The Hall–Kier alpha value is -1.62. The summed E-state index contributed by atoms with van der Waals surface area (Å²) in [4.78, 5) is 11.3. The molecule has 4 nitrogen and oxygen atoms in total. The molecule has 86 valence electrons. The zero-order valence-corrected chi connectivity index (χ0v) is 9.97. The molecule has 0 saturated carbocycles. The summed E-state index contributed by atoms with van der Waals surface area (Å²) >= 11 is 0. The van der Waals surface area contributed by atoms with E-state index >= 15 is 0 Å². The molecule has 0 saturated heterocycles. The fourth-order valence-electron chi connectivity index (χ4n) is 1.05. The van der Waals surface area contributed by atoms with Crippen LogP contribution in [0.15, 0.2) is 41.3 Å². The maximum absolute atomic E-state index is 11.7. The first-order chi connectivity index (χ1) is 7.33. The highest BCUT2D eigenvalue weighted by molar-refractivity contribution is 7.90. The normalized spacial score (nSPS) is 10.9. The Morgan fingerprint density at radius 1 is 1.38 bits per heavy atom. The van der Waals surface area contributed by atoms with Gasteiger partial charge >= 0.3 is 0 Å². The van der Waals surface area contributed by atoms with Crippen LogP contribution in [0, 0.1) is 6.92 Å². The second kappa shape index (κ2) is 4.49. The van der Waals surface area contributed by atoms with Crippen molar-refractivity contribution in [1.82, 2.24) is 4.72 Å². The van der Waals surface area contributed by atoms with Gasteiger partial charge < -0.3 is 0 Å². The largest absolute Gasteiger partial charge is 0.269 e. The first-order valence-corrected chi connectivity index (χ1v) is 6.10. The minimum atomic E-state index is -3.79. The molecule has 1 aromatic rings. The molecule has 0 atom stereocenters. The van der Waals surface area contributed by atoms with Gasteiger partial charge in [-0.1, -0.05) is 18.7 Å². The van der Waals surface area contributed by atoms with E-state index in [4.69, 9.17) is 0 Å². The van der Waals surface area contributed by atoms with Crippen LogP contribution in [0.5, 0.6) is 0 Å². The summed E-state index contributed by atoms with van der Waals surface area (Å²) < 4.78 is 25.4.